The van der Waals surface area contributed by atoms with E-state index in [9.17, 15) is 9.59 Å². The molecular weight excluding hydrogens is 284 g/mol. The standard InChI is InChI=1S/2C4H9NO2.H2O4S/c2*1-3(5)4(6)7-2;1-5(2,3)4/h2*3H,5H2,1-2H3;(H2,1,2,3,4)/t2*3-;/m00./s1. The zero-order chi connectivity index (χ0) is 16.2. The topological polar surface area (TPSA) is 179 Å². The van der Waals surface area contributed by atoms with E-state index in [0.717, 1.165) is 0 Å². The van der Waals surface area contributed by atoms with Gasteiger partial charge in [-0.1, -0.05) is 0 Å². The van der Waals surface area contributed by atoms with Crippen LogP contribution in [0.15, 0.2) is 0 Å². The molecule has 0 aliphatic heterocycles. The van der Waals surface area contributed by atoms with Crippen LogP contribution in [0.25, 0.3) is 0 Å². The van der Waals surface area contributed by atoms with Crippen LogP contribution in [0.3, 0.4) is 0 Å². The van der Waals surface area contributed by atoms with Gasteiger partial charge in [0.2, 0.25) is 0 Å². The van der Waals surface area contributed by atoms with Crippen LogP contribution in [0.2, 0.25) is 0 Å². The average molecular weight is 304 g/mol. The van der Waals surface area contributed by atoms with Crippen molar-refractivity contribution in [2.24, 2.45) is 11.5 Å². The Morgan fingerprint density at radius 3 is 1.11 bits per heavy atom. The first kappa shape index (κ1) is 22.9. The monoisotopic (exact) mass is 304 g/mol. The SMILES string of the molecule is COC(=O)[C@H](C)N.COC(=O)[C@H](C)N.O=S(=O)(O)O. The third-order valence-electron chi connectivity index (χ3n) is 1.15. The van der Waals surface area contributed by atoms with Gasteiger partial charge in [0.1, 0.15) is 12.1 Å². The lowest BCUT2D eigenvalue weighted by molar-refractivity contribution is -0.142. The van der Waals surface area contributed by atoms with Gasteiger partial charge in [-0.15, -0.1) is 0 Å². The average Bonchev–Trinajstić information content (AvgIpc) is 2.25. The van der Waals surface area contributed by atoms with Gasteiger partial charge in [-0.25, -0.2) is 0 Å². The number of esters is 2. The summed E-state index contributed by atoms with van der Waals surface area (Å²) in [4.78, 5) is 20.3. The van der Waals surface area contributed by atoms with E-state index in [-0.39, 0.29) is 11.9 Å². The summed E-state index contributed by atoms with van der Waals surface area (Å²) < 4.78 is 40.1. The molecule has 0 spiro atoms. The highest BCUT2D eigenvalue weighted by atomic mass is 32.3. The molecule has 0 unspecified atom stereocenters. The normalized spacial score (nSPS) is 12.6. The summed E-state index contributed by atoms with van der Waals surface area (Å²) in [6.45, 7) is 3.15. The lowest BCUT2D eigenvalue weighted by Crippen LogP contribution is -2.27. The number of methoxy groups -OCH3 is 2. The van der Waals surface area contributed by atoms with Gasteiger partial charge in [-0.2, -0.15) is 8.42 Å². The van der Waals surface area contributed by atoms with Crippen LogP contribution >= 0.6 is 0 Å². The molecule has 0 bridgehead atoms. The first-order chi connectivity index (χ1) is 8.36. The third kappa shape index (κ3) is 31.5. The third-order valence-corrected chi connectivity index (χ3v) is 1.15. The number of nitrogens with two attached hydrogens (primary N) is 2. The van der Waals surface area contributed by atoms with Crippen molar-refractivity contribution in [1.29, 1.82) is 0 Å². The summed E-state index contributed by atoms with van der Waals surface area (Å²) in [5.41, 5.74) is 10.1. The van der Waals surface area contributed by atoms with Gasteiger partial charge in [-0.05, 0) is 13.8 Å². The summed E-state index contributed by atoms with van der Waals surface area (Å²) in [6, 6.07) is -0.991. The van der Waals surface area contributed by atoms with Crippen molar-refractivity contribution in [2.45, 2.75) is 25.9 Å². The van der Waals surface area contributed by atoms with Crippen LogP contribution in [0.1, 0.15) is 13.8 Å². The molecule has 0 aromatic heterocycles. The molecule has 0 saturated carbocycles. The van der Waals surface area contributed by atoms with E-state index in [1.54, 1.807) is 13.8 Å². The maximum atomic E-state index is 10.2. The fraction of sp³-hybridized carbons (Fsp3) is 0.750. The Bertz CT molecular complexity index is 324. The van der Waals surface area contributed by atoms with Crippen molar-refractivity contribution in [3.05, 3.63) is 0 Å². The van der Waals surface area contributed by atoms with Gasteiger partial charge in [0.05, 0.1) is 14.2 Å². The number of ether oxygens (including phenoxy) is 2. The molecule has 116 valence electrons. The minimum Gasteiger partial charge on any atom is -0.468 e. The van der Waals surface area contributed by atoms with Crippen molar-refractivity contribution in [2.75, 3.05) is 14.2 Å². The van der Waals surface area contributed by atoms with Gasteiger partial charge in [0.25, 0.3) is 0 Å². The van der Waals surface area contributed by atoms with Gasteiger partial charge < -0.3 is 20.9 Å². The minimum absolute atomic E-state index is 0.375. The molecule has 0 aliphatic carbocycles. The molecule has 2 atom stereocenters. The maximum absolute atomic E-state index is 10.2. The second-order valence-electron chi connectivity index (χ2n) is 3.07. The van der Waals surface area contributed by atoms with Crippen LogP contribution in [0, 0.1) is 0 Å². The molecule has 0 rings (SSSR count). The first-order valence-electron chi connectivity index (χ1n) is 4.73. The highest BCUT2D eigenvalue weighted by Crippen LogP contribution is 1.77. The number of rotatable bonds is 2. The number of carbonyl (C=O) groups excluding carboxylic acids is 2. The Labute approximate surface area is 111 Å². The predicted molar refractivity (Wildman–Crippen MR) is 65.5 cm³/mol. The van der Waals surface area contributed by atoms with E-state index in [1.165, 1.54) is 14.2 Å². The highest BCUT2D eigenvalue weighted by Gasteiger charge is 2.04. The highest BCUT2D eigenvalue weighted by molar-refractivity contribution is 7.79. The summed E-state index contributed by atoms with van der Waals surface area (Å²) >= 11 is 0. The lowest BCUT2D eigenvalue weighted by Gasteiger charge is -1.98. The quantitative estimate of drug-likeness (QED) is 0.341. The Hall–Kier alpha value is -1.27. The minimum atomic E-state index is -4.67. The van der Waals surface area contributed by atoms with Gasteiger partial charge >= 0.3 is 22.3 Å². The molecular formula is C8H20N2O8S. The molecule has 0 amide bonds. The summed E-state index contributed by atoms with van der Waals surface area (Å²) in [5, 5.41) is 0. The molecule has 0 heterocycles. The zero-order valence-electron chi connectivity index (χ0n) is 11.1. The Kier molecular flexibility index (Phi) is 14.2. The molecule has 0 aromatic rings. The molecule has 11 heteroatoms. The van der Waals surface area contributed by atoms with Crippen molar-refractivity contribution in [3.63, 3.8) is 0 Å². The molecule has 6 N–H and O–H groups in total. The van der Waals surface area contributed by atoms with Gasteiger partial charge in [-0.3, -0.25) is 18.7 Å². The fourth-order valence-electron chi connectivity index (χ4n) is 0.372. The first-order valence-corrected chi connectivity index (χ1v) is 6.13. The van der Waals surface area contributed by atoms with Crippen molar-refractivity contribution < 1.29 is 36.6 Å². The Morgan fingerprint density at radius 2 is 1.11 bits per heavy atom. The lowest BCUT2D eigenvalue weighted by atomic mass is 10.4. The number of carbonyl (C=O) groups is 2. The smallest absolute Gasteiger partial charge is 0.394 e. The fourth-order valence-corrected chi connectivity index (χ4v) is 0.372. The predicted octanol–water partition coefficient (Wildman–Crippen LogP) is -1.64. The molecule has 0 aliphatic rings. The van der Waals surface area contributed by atoms with Crippen LogP contribution in [0.5, 0.6) is 0 Å². The van der Waals surface area contributed by atoms with E-state index in [2.05, 4.69) is 9.47 Å². The van der Waals surface area contributed by atoms with Crippen molar-refractivity contribution >= 4 is 22.3 Å². The Balaban J connectivity index is -0.000000206. The number of hydrogen-bond donors (Lipinski definition) is 4. The van der Waals surface area contributed by atoms with Crippen LogP contribution in [0.4, 0.5) is 0 Å². The van der Waals surface area contributed by atoms with Crippen molar-refractivity contribution in [3.8, 4) is 0 Å². The molecule has 0 radical (unpaired) electrons. The largest absolute Gasteiger partial charge is 0.468 e. The van der Waals surface area contributed by atoms with Crippen LogP contribution in [-0.4, -0.2) is 55.8 Å². The maximum Gasteiger partial charge on any atom is 0.394 e. The summed E-state index contributed by atoms with van der Waals surface area (Å²) in [6.07, 6.45) is 0. The second kappa shape index (κ2) is 11.8. The van der Waals surface area contributed by atoms with Gasteiger partial charge in [0.15, 0.2) is 0 Å². The molecule has 0 saturated heterocycles. The van der Waals surface area contributed by atoms with Crippen LogP contribution in [-0.2, 0) is 29.5 Å². The second-order valence-corrected chi connectivity index (χ2v) is 3.97. The van der Waals surface area contributed by atoms with E-state index in [1.807, 2.05) is 0 Å². The number of hydrogen-bond acceptors (Lipinski definition) is 8. The molecule has 10 nitrogen and oxygen atoms in total. The summed E-state index contributed by atoms with van der Waals surface area (Å²) in [7, 11) is -2.04. The van der Waals surface area contributed by atoms with E-state index in [4.69, 9.17) is 29.0 Å². The Morgan fingerprint density at radius 1 is 0.947 bits per heavy atom. The van der Waals surface area contributed by atoms with E-state index in [0.29, 0.717) is 0 Å². The molecule has 0 fully saturated rings. The van der Waals surface area contributed by atoms with E-state index < -0.39 is 22.5 Å². The molecule has 0 aromatic carbocycles. The van der Waals surface area contributed by atoms with Crippen molar-refractivity contribution in [1.82, 2.24) is 0 Å². The van der Waals surface area contributed by atoms with E-state index >= 15 is 0 Å². The molecule has 19 heavy (non-hydrogen) atoms. The van der Waals surface area contributed by atoms with Gasteiger partial charge in [0, 0.05) is 0 Å². The summed E-state index contributed by atoms with van der Waals surface area (Å²) in [5.74, 6) is -0.750. The zero-order valence-corrected chi connectivity index (χ0v) is 11.9. The van der Waals surface area contributed by atoms with Crippen LogP contribution < -0.4 is 11.5 Å².